The molecule has 0 bridgehead atoms. The Kier molecular flexibility index (Phi) is 8.63. The minimum atomic E-state index is -1.26. The summed E-state index contributed by atoms with van der Waals surface area (Å²) in [5, 5.41) is 1.79. The van der Waals surface area contributed by atoms with Crippen LogP contribution in [0.2, 0.25) is 0 Å². The molecule has 15 heteroatoms. The molecule has 0 radical (unpaired) electrons. The molecule has 0 N–H and O–H groups in total. The largest absolute Gasteiger partial charge is 0.511 e. The van der Waals surface area contributed by atoms with Gasteiger partial charge in [0.15, 0.2) is 23.9 Å². The number of halogens is 2. The number of ether oxygens (including phenoxy) is 5. The van der Waals surface area contributed by atoms with Gasteiger partial charge in [-0.25, -0.2) is 18.4 Å². The van der Waals surface area contributed by atoms with Gasteiger partial charge in [0.2, 0.25) is 18.0 Å². The van der Waals surface area contributed by atoms with Crippen molar-refractivity contribution in [3.63, 3.8) is 0 Å². The maximum Gasteiger partial charge on any atom is 0.511 e. The molecule has 1 amide bonds. The molecule has 0 aliphatic carbocycles. The molecule has 3 aliphatic heterocycles. The van der Waals surface area contributed by atoms with Crippen LogP contribution in [-0.2, 0) is 29.5 Å². The summed E-state index contributed by atoms with van der Waals surface area (Å²) in [6, 6.07) is 10.5. The predicted molar refractivity (Wildman–Crippen MR) is 153 cm³/mol. The maximum absolute atomic E-state index is 15.3. The zero-order chi connectivity index (χ0) is 31.7. The average Bonchev–Trinajstić information content (AvgIpc) is 3.20. The van der Waals surface area contributed by atoms with Gasteiger partial charge in [0.05, 0.1) is 25.9 Å². The van der Waals surface area contributed by atoms with Crippen molar-refractivity contribution in [1.29, 1.82) is 0 Å². The summed E-state index contributed by atoms with van der Waals surface area (Å²) in [5.74, 6) is -3.50. The highest BCUT2D eigenvalue weighted by Crippen LogP contribution is 2.45. The molecule has 0 unspecified atom stereocenters. The normalized spacial score (nSPS) is 18.5. The Hall–Kier alpha value is -4.63. The van der Waals surface area contributed by atoms with Crippen molar-refractivity contribution in [1.82, 2.24) is 9.58 Å². The van der Waals surface area contributed by atoms with Gasteiger partial charge in [-0.3, -0.25) is 19.3 Å². The van der Waals surface area contributed by atoms with Crippen molar-refractivity contribution in [2.45, 2.75) is 29.8 Å². The van der Waals surface area contributed by atoms with Crippen LogP contribution in [0.3, 0.4) is 0 Å². The van der Waals surface area contributed by atoms with E-state index >= 15 is 4.39 Å². The van der Waals surface area contributed by atoms with Crippen LogP contribution in [0.4, 0.5) is 13.6 Å². The fraction of sp³-hybridized carbons (Fsp3) is 0.333. The van der Waals surface area contributed by atoms with Gasteiger partial charge in [0.1, 0.15) is 6.17 Å². The number of thioether (sulfide) groups is 1. The Balaban J connectivity index is 1.42. The molecule has 1 aromatic heterocycles. The average molecular weight is 644 g/mol. The first-order valence-electron chi connectivity index (χ1n) is 14.0. The summed E-state index contributed by atoms with van der Waals surface area (Å²) in [6.45, 7) is 0.683. The maximum atomic E-state index is 15.3. The molecular weight excluding hydrogens is 616 g/mol. The molecule has 0 saturated carbocycles. The topological polar surface area (TPSA) is 126 Å². The van der Waals surface area contributed by atoms with Crippen LogP contribution >= 0.6 is 11.8 Å². The number of rotatable bonds is 7. The number of morpholine rings is 1. The molecule has 6 rings (SSSR count). The Morgan fingerprint density at radius 1 is 1.04 bits per heavy atom. The summed E-state index contributed by atoms with van der Waals surface area (Å²) in [4.78, 5) is 52.8. The van der Waals surface area contributed by atoms with Crippen LogP contribution < -0.4 is 15.2 Å². The van der Waals surface area contributed by atoms with Crippen molar-refractivity contribution < 1.29 is 46.8 Å². The highest BCUT2D eigenvalue weighted by molar-refractivity contribution is 7.98. The van der Waals surface area contributed by atoms with Gasteiger partial charge < -0.3 is 28.6 Å². The Morgan fingerprint density at radius 3 is 2.69 bits per heavy atom. The molecule has 236 valence electrons. The molecule has 3 aliphatic rings. The number of carbonyl (C=O) groups is 3. The van der Waals surface area contributed by atoms with E-state index in [9.17, 15) is 23.6 Å². The van der Waals surface area contributed by atoms with Crippen LogP contribution in [0.1, 0.15) is 40.1 Å². The number of benzene rings is 2. The van der Waals surface area contributed by atoms with E-state index in [0.29, 0.717) is 5.56 Å². The number of amides is 1. The molecule has 12 nitrogen and oxygen atoms in total. The number of carbonyl (C=O) groups excluding carboxylic acids is 3. The highest BCUT2D eigenvalue weighted by Gasteiger charge is 2.46. The third kappa shape index (κ3) is 5.68. The van der Waals surface area contributed by atoms with Gasteiger partial charge in [-0.1, -0.05) is 24.3 Å². The summed E-state index contributed by atoms with van der Waals surface area (Å²) >= 11 is 1.36. The van der Waals surface area contributed by atoms with E-state index in [0.717, 1.165) is 16.5 Å². The van der Waals surface area contributed by atoms with Crippen LogP contribution in [0, 0.1) is 11.6 Å². The number of hydrogen-bond acceptors (Lipinski definition) is 11. The second-order valence-electron chi connectivity index (χ2n) is 10.0. The van der Waals surface area contributed by atoms with Crippen molar-refractivity contribution in [2.75, 3.05) is 44.8 Å². The van der Waals surface area contributed by atoms with E-state index in [1.807, 2.05) is 24.3 Å². The van der Waals surface area contributed by atoms with Crippen molar-refractivity contribution >= 4 is 29.8 Å². The molecule has 45 heavy (non-hydrogen) atoms. The smallest absolute Gasteiger partial charge is 0.463 e. The number of hydrogen-bond donors (Lipinski definition) is 0. The van der Waals surface area contributed by atoms with E-state index < -0.39 is 66.5 Å². The van der Waals surface area contributed by atoms with Gasteiger partial charge in [-0.2, -0.15) is 0 Å². The first-order valence-corrected chi connectivity index (χ1v) is 15.0. The van der Waals surface area contributed by atoms with Crippen LogP contribution in [-0.4, -0.2) is 73.5 Å². The molecule has 0 spiro atoms. The summed E-state index contributed by atoms with van der Waals surface area (Å²) in [6.07, 6.45) is -0.554. The number of nitrogens with zero attached hydrogens (tertiary/aromatic N) is 3. The van der Waals surface area contributed by atoms with E-state index in [-0.39, 0.29) is 43.4 Å². The lowest BCUT2D eigenvalue weighted by molar-refractivity contribution is -0.147. The third-order valence-corrected chi connectivity index (χ3v) is 8.64. The molecule has 1 saturated heterocycles. The second-order valence-corrected chi connectivity index (χ2v) is 11.1. The molecule has 3 aromatic rings. The van der Waals surface area contributed by atoms with Crippen LogP contribution in [0.25, 0.3) is 0 Å². The molecular formula is C30H27F2N3O9S. The number of pyridine rings is 1. The lowest BCUT2D eigenvalue weighted by atomic mass is 9.93. The minimum absolute atomic E-state index is 0.0910. The number of aromatic nitrogens is 1. The van der Waals surface area contributed by atoms with Gasteiger partial charge in [-0.15, -0.1) is 11.8 Å². The summed E-state index contributed by atoms with van der Waals surface area (Å²) < 4.78 is 56.8. The number of fused-ring (bicyclic) bond motifs is 4. The zero-order valence-electron chi connectivity index (χ0n) is 23.9. The van der Waals surface area contributed by atoms with Gasteiger partial charge in [-0.05, 0) is 30.2 Å². The molecule has 1 fully saturated rings. The Morgan fingerprint density at radius 2 is 1.87 bits per heavy atom. The first kappa shape index (κ1) is 30.4. The highest BCUT2D eigenvalue weighted by atomic mass is 32.2. The fourth-order valence-corrected chi connectivity index (χ4v) is 6.72. The minimum Gasteiger partial charge on any atom is -0.463 e. The fourth-order valence-electron chi connectivity index (χ4n) is 5.61. The van der Waals surface area contributed by atoms with E-state index in [2.05, 4.69) is 9.47 Å². The van der Waals surface area contributed by atoms with E-state index in [1.165, 1.54) is 39.7 Å². The first-order chi connectivity index (χ1) is 21.8. The monoisotopic (exact) mass is 643 g/mol. The third-order valence-electron chi connectivity index (χ3n) is 7.53. The van der Waals surface area contributed by atoms with Crippen molar-refractivity contribution in [3.8, 4) is 5.75 Å². The number of esters is 1. The lowest BCUT2D eigenvalue weighted by Crippen LogP contribution is -2.66. The van der Waals surface area contributed by atoms with E-state index in [1.54, 1.807) is 11.9 Å². The Bertz CT molecular complexity index is 1720. The van der Waals surface area contributed by atoms with E-state index in [4.69, 9.17) is 14.2 Å². The molecule has 2 aromatic carbocycles. The van der Waals surface area contributed by atoms with Crippen molar-refractivity contribution in [3.05, 3.63) is 92.9 Å². The van der Waals surface area contributed by atoms with Crippen molar-refractivity contribution in [2.24, 2.45) is 0 Å². The van der Waals surface area contributed by atoms with Gasteiger partial charge in [0.25, 0.3) is 5.91 Å². The predicted octanol–water partition coefficient (Wildman–Crippen LogP) is 3.32. The summed E-state index contributed by atoms with van der Waals surface area (Å²) in [7, 11) is 0. The standard InChI is InChI=1S/C30H27F2N3O9S/c1-2-41-24(37)14-42-30(39)44-16-43-28-21(36)9-10-34-27(28)29(38)33-11-12-40-13-23(33)35(34)26-17-7-8-20(31)25(32)19(17)15-45-22-6-4-3-5-18(22)26/h3-10,23,26H,2,11-16H2,1H3/t23-,26+/m1/s1. The lowest BCUT2D eigenvalue weighted by Gasteiger charge is -2.51. The molecule has 4 heterocycles. The van der Waals surface area contributed by atoms with Crippen LogP contribution in [0.5, 0.6) is 5.75 Å². The quantitative estimate of drug-likeness (QED) is 0.278. The SMILES string of the molecule is CCOC(=O)COC(=O)OCOc1c2n(ccc1=O)N([C@@H]1c3ccccc3SCc3c1ccc(F)c3F)[C@@H]1COCCN1C2=O. The van der Waals surface area contributed by atoms with Crippen LogP contribution in [0.15, 0.2) is 58.4 Å². The zero-order valence-corrected chi connectivity index (χ0v) is 24.7. The van der Waals surface area contributed by atoms with Gasteiger partial charge in [0, 0.05) is 35.0 Å². The van der Waals surface area contributed by atoms with Gasteiger partial charge >= 0.3 is 12.1 Å². The second kappa shape index (κ2) is 12.8. The Labute approximate surface area is 259 Å². The molecule has 2 atom stereocenters. The summed E-state index contributed by atoms with van der Waals surface area (Å²) in [5.41, 5.74) is 0.589.